The molecule has 0 rings (SSSR count). The number of rotatable bonds is 31. The van der Waals surface area contributed by atoms with Gasteiger partial charge in [0.2, 0.25) is 0 Å². The van der Waals surface area contributed by atoms with Crippen LogP contribution in [0.1, 0.15) is 66.2 Å². The van der Waals surface area contributed by atoms with Gasteiger partial charge in [-0.15, -0.1) is 0 Å². The molecule has 240 valence electrons. The zero-order valence-electron chi connectivity index (χ0n) is 25.8. The summed E-state index contributed by atoms with van der Waals surface area (Å²) in [6, 6.07) is 0. The topological polar surface area (TPSA) is 112 Å². The summed E-state index contributed by atoms with van der Waals surface area (Å²) in [7, 11) is 0. The predicted molar refractivity (Wildman–Crippen MR) is 154 cm³/mol. The van der Waals surface area contributed by atoms with E-state index in [2.05, 4.69) is 12.2 Å². The Hall–Kier alpha value is -1.05. The van der Waals surface area contributed by atoms with E-state index in [0.717, 1.165) is 13.0 Å². The molecule has 0 heterocycles. The lowest BCUT2D eigenvalue weighted by Gasteiger charge is -2.19. The number of carbonyl (C=O) groups is 1. The fourth-order valence-corrected chi connectivity index (χ4v) is 3.17. The van der Waals surface area contributed by atoms with Crippen molar-refractivity contribution in [1.29, 1.82) is 0 Å². The van der Waals surface area contributed by atoms with Crippen LogP contribution in [0.3, 0.4) is 0 Å². The quantitative estimate of drug-likeness (QED) is 0.121. The minimum Gasteiger partial charge on any atom is -0.444 e. The molecular weight excluding hydrogens is 522 g/mol. The number of carbonyl (C=O) groups excluding carboxylic acids is 1. The second kappa shape index (κ2) is 30.9. The average molecular weight is 582 g/mol. The first-order valence-electron chi connectivity index (χ1n) is 15.0. The maximum atomic E-state index is 11.5. The minimum absolute atomic E-state index is 0.391. The van der Waals surface area contributed by atoms with E-state index >= 15 is 0 Å². The van der Waals surface area contributed by atoms with Crippen molar-refractivity contribution in [3.63, 3.8) is 0 Å². The van der Waals surface area contributed by atoms with E-state index in [-0.39, 0.29) is 0 Å². The highest BCUT2D eigenvalue weighted by molar-refractivity contribution is 5.67. The number of hydrogen-bond acceptors (Lipinski definition) is 10. The van der Waals surface area contributed by atoms with E-state index in [1.165, 1.54) is 32.1 Å². The van der Waals surface area contributed by atoms with Crippen molar-refractivity contribution in [3.05, 3.63) is 0 Å². The van der Waals surface area contributed by atoms with Crippen LogP contribution in [-0.4, -0.2) is 124 Å². The lowest BCUT2D eigenvalue weighted by molar-refractivity contribution is -0.0231. The van der Waals surface area contributed by atoms with Crippen molar-refractivity contribution < 1.29 is 47.4 Å². The highest BCUT2D eigenvalue weighted by Gasteiger charge is 2.15. The van der Waals surface area contributed by atoms with Crippen LogP contribution in [0.4, 0.5) is 4.79 Å². The molecule has 0 spiro atoms. The van der Waals surface area contributed by atoms with Gasteiger partial charge in [0.25, 0.3) is 0 Å². The Morgan fingerprint density at radius 3 is 1.18 bits per heavy atom. The summed E-state index contributed by atoms with van der Waals surface area (Å²) in [6.07, 6.45) is 7.23. The Labute approximate surface area is 243 Å². The van der Waals surface area contributed by atoms with E-state index in [0.29, 0.717) is 106 Å². The van der Waals surface area contributed by atoms with Gasteiger partial charge in [0.15, 0.2) is 0 Å². The normalized spacial score (nSPS) is 11.7. The van der Waals surface area contributed by atoms with Gasteiger partial charge in [-0.1, -0.05) is 39.0 Å². The molecule has 0 saturated heterocycles. The Bertz CT molecular complexity index is 520. The maximum absolute atomic E-state index is 11.5. The molecular formula is C29H59NO10. The summed E-state index contributed by atoms with van der Waals surface area (Å²) < 4.78 is 48.9. The molecule has 0 unspecified atom stereocenters. The number of unbranched alkanes of at least 4 members (excludes halogenated alkanes) is 5. The van der Waals surface area contributed by atoms with E-state index in [1.807, 2.05) is 20.8 Å². The first-order valence-corrected chi connectivity index (χ1v) is 15.0. The van der Waals surface area contributed by atoms with E-state index in [9.17, 15) is 4.79 Å². The van der Waals surface area contributed by atoms with E-state index in [4.69, 9.17) is 42.6 Å². The van der Waals surface area contributed by atoms with Crippen LogP contribution in [0.25, 0.3) is 0 Å². The number of hydrogen-bond donors (Lipinski definition) is 1. The lowest BCUT2D eigenvalue weighted by Crippen LogP contribution is -2.34. The molecule has 0 atom stereocenters. The van der Waals surface area contributed by atoms with Crippen LogP contribution in [-0.2, 0) is 42.6 Å². The zero-order chi connectivity index (χ0) is 29.4. The van der Waals surface area contributed by atoms with Crippen LogP contribution in [0.2, 0.25) is 0 Å². The monoisotopic (exact) mass is 581 g/mol. The number of alkyl carbamates (subject to hydrolysis) is 1. The number of nitrogens with one attached hydrogen (secondary N) is 1. The van der Waals surface area contributed by atoms with Crippen LogP contribution < -0.4 is 5.32 Å². The standard InChI is InChI=1S/C29H59NO10/c1-5-6-7-8-9-10-12-32-14-16-34-18-20-36-22-24-38-26-27-39-25-23-37-21-19-35-17-15-33-13-11-30-28(31)40-29(2,3)4/h5-27H2,1-4H3,(H,30,31). The Kier molecular flexibility index (Phi) is 30.1. The SMILES string of the molecule is CCCCCCCCOCCOCCOCCOCCOCCOCCOCCOCCNC(=O)OC(C)(C)C. The molecule has 0 aromatic heterocycles. The zero-order valence-corrected chi connectivity index (χ0v) is 25.8. The van der Waals surface area contributed by atoms with Gasteiger partial charge in [0, 0.05) is 13.2 Å². The third-order valence-electron chi connectivity index (χ3n) is 5.16. The van der Waals surface area contributed by atoms with E-state index in [1.54, 1.807) is 0 Å². The van der Waals surface area contributed by atoms with Crippen LogP contribution in [0.15, 0.2) is 0 Å². The lowest BCUT2D eigenvalue weighted by atomic mass is 10.1. The first kappa shape index (κ1) is 39.0. The molecule has 0 bridgehead atoms. The summed E-state index contributed by atoms with van der Waals surface area (Å²) >= 11 is 0. The smallest absolute Gasteiger partial charge is 0.407 e. The molecule has 0 aliphatic rings. The van der Waals surface area contributed by atoms with Crippen molar-refractivity contribution in [1.82, 2.24) is 5.32 Å². The summed E-state index contributed by atoms with van der Waals surface area (Å²) in [5.41, 5.74) is -0.504. The Balaban J connectivity index is 3.09. The molecule has 11 heteroatoms. The molecule has 0 aliphatic heterocycles. The van der Waals surface area contributed by atoms with Gasteiger partial charge in [-0.25, -0.2) is 4.79 Å². The van der Waals surface area contributed by atoms with Crippen LogP contribution in [0.5, 0.6) is 0 Å². The van der Waals surface area contributed by atoms with Gasteiger partial charge < -0.3 is 47.9 Å². The van der Waals surface area contributed by atoms with Crippen molar-refractivity contribution in [3.8, 4) is 0 Å². The van der Waals surface area contributed by atoms with Gasteiger partial charge in [-0.2, -0.15) is 0 Å². The third-order valence-corrected chi connectivity index (χ3v) is 5.16. The molecule has 1 N–H and O–H groups in total. The molecule has 1 amide bonds. The summed E-state index contributed by atoms with van der Waals surface area (Å²) in [4.78, 5) is 11.5. The molecule has 11 nitrogen and oxygen atoms in total. The second-order valence-electron chi connectivity index (χ2n) is 10.1. The molecule has 0 aromatic rings. The second-order valence-corrected chi connectivity index (χ2v) is 10.1. The van der Waals surface area contributed by atoms with Crippen molar-refractivity contribution in [2.45, 2.75) is 71.8 Å². The predicted octanol–water partition coefficient (Wildman–Crippen LogP) is 4.00. The summed E-state index contributed by atoms with van der Waals surface area (Å²) in [6.45, 7) is 16.7. The molecule has 0 radical (unpaired) electrons. The third kappa shape index (κ3) is 35.0. The number of amides is 1. The highest BCUT2D eigenvalue weighted by atomic mass is 16.6. The van der Waals surface area contributed by atoms with Gasteiger partial charge in [-0.05, 0) is 27.2 Å². The van der Waals surface area contributed by atoms with Crippen molar-refractivity contribution in [2.75, 3.05) is 112 Å². The largest absolute Gasteiger partial charge is 0.444 e. The summed E-state index contributed by atoms with van der Waals surface area (Å²) in [5.74, 6) is 0. The van der Waals surface area contributed by atoms with Gasteiger partial charge in [0.05, 0.1) is 99.1 Å². The first-order chi connectivity index (χ1) is 19.5. The maximum Gasteiger partial charge on any atom is 0.407 e. The van der Waals surface area contributed by atoms with Crippen LogP contribution >= 0.6 is 0 Å². The average Bonchev–Trinajstić information content (AvgIpc) is 2.90. The molecule has 40 heavy (non-hydrogen) atoms. The molecule has 0 fully saturated rings. The molecule has 0 aliphatic carbocycles. The minimum atomic E-state index is -0.504. The molecule has 0 saturated carbocycles. The van der Waals surface area contributed by atoms with E-state index < -0.39 is 11.7 Å². The van der Waals surface area contributed by atoms with Crippen LogP contribution in [0, 0.1) is 0 Å². The Morgan fingerprint density at radius 1 is 0.475 bits per heavy atom. The van der Waals surface area contributed by atoms with Gasteiger partial charge >= 0.3 is 6.09 Å². The fraction of sp³-hybridized carbons (Fsp3) is 0.966. The van der Waals surface area contributed by atoms with Gasteiger partial charge in [0.1, 0.15) is 5.60 Å². The Morgan fingerprint density at radius 2 is 0.800 bits per heavy atom. The summed E-state index contributed by atoms with van der Waals surface area (Å²) in [5, 5.41) is 2.63. The van der Waals surface area contributed by atoms with Crippen molar-refractivity contribution >= 4 is 6.09 Å². The fourth-order valence-electron chi connectivity index (χ4n) is 3.17. The molecule has 0 aromatic carbocycles. The number of ether oxygens (including phenoxy) is 9. The van der Waals surface area contributed by atoms with Crippen molar-refractivity contribution in [2.24, 2.45) is 0 Å². The highest BCUT2D eigenvalue weighted by Crippen LogP contribution is 2.06. The van der Waals surface area contributed by atoms with Gasteiger partial charge in [-0.3, -0.25) is 0 Å².